The maximum atomic E-state index is 13.2. The quantitative estimate of drug-likeness (QED) is 0.257. The number of aryl methyl sites for hydroxylation is 1. The monoisotopic (exact) mass is 463 g/mol. The molecule has 8 nitrogen and oxygen atoms in total. The number of H-pyrrole nitrogens is 1. The largest absolute Gasteiger partial charge is 0.507 e. The number of hydrogen-bond donors (Lipinski definition) is 2. The van der Waals surface area contributed by atoms with Gasteiger partial charge < -0.3 is 19.2 Å². The van der Waals surface area contributed by atoms with Crippen molar-refractivity contribution in [1.82, 2.24) is 9.97 Å². The number of amides is 1. The predicted molar refractivity (Wildman–Crippen MR) is 122 cm³/mol. The lowest BCUT2D eigenvalue weighted by Crippen LogP contribution is -2.30. The summed E-state index contributed by atoms with van der Waals surface area (Å²) in [5.74, 6) is -1.29. The van der Waals surface area contributed by atoms with Crippen LogP contribution in [0.25, 0.3) is 16.8 Å². The fourth-order valence-electron chi connectivity index (χ4n) is 3.95. The third kappa shape index (κ3) is 3.35. The van der Waals surface area contributed by atoms with Crippen molar-refractivity contribution in [2.45, 2.75) is 13.0 Å². The van der Waals surface area contributed by atoms with E-state index in [1.54, 1.807) is 12.1 Å². The van der Waals surface area contributed by atoms with Gasteiger partial charge in [-0.2, -0.15) is 0 Å². The average Bonchev–Trinajstić information content (AvgIpc) is 3.52. The topological polar surface area (TPSA) is 109 Å². The number of rotatable bonds is 4. The van der Waals surface area contributed by atoms with Gasteiger partial charge in [0, 0.05) is 5.56 Å². The van der Waals surface area contributed by atoms with Gasteiger partial charge in [0.2, 0.25) is 5.95 Å². The van der Waals surface area contributed by atoms with Crippen molar-refractivity contribution < 1.29 is 23.8 Å². The third-order valence-corrected chi connectivity index (χ3v) is 5.85. The smallest absolute Gasteiger partial charge is 0.302 e. The lowest BCUT2D eigenvalue weighted by atomic mass is 9.99. The minimum Gasteiger partial charge on any atom is -0.507 e. The predicted octanol–water partition coefficient (Wildman–Crippen LogP) is 4.75. The van der Waals surface area contributed by atoms with Crippen molar-refractivity contribution in [3.05, 3.63) is 82.3 Å². The summed E-state index contributed by atoms with van der Waals surface area (Å²) in [6.45, 7) is 1.94. The van der Waals surface area contributed by atoms with Crippen LogP contribution < -0.4 is 9.64 Å². The number of methoxy groups -OCH3 is 1. The van der Waals surface area contributed by atoms with E-state index in [2.05, 4.69) is 9.97 Å². The number of ether oxygens (including phenoxy) is 1. The molecule has 3 heterocycles. The Morgan fingerprint density at radius 3 is 2.76 bits per heavy atom. The fourth-order valence-corrected chi connectivity index (χ4v) is 4.15. The zero-order valence-electron chi connectivity index (χ0n) is 17.6. The van der Waals surface area contributed by atoms with Gasteiger partial charge in [0.15, 0.2) is 0 Å². The van der Waals surface area contributed by atoms with Gasteiger partial charge in [0.1, 0.15) is 23.3 Å². The molecular weight excluding hydrogens is 446 g/mol. The number of ketones is 1. The summed E-state index contributed by atoms with van der Waals surface area (Å²) in [5, 5.41) is 11.5. The molecule has 0 spiro atoms. The second-order valence-electron chi connectivity index (χ2n) is 7.61. The van der Waals surface area contributed by atoms with Crippen LogP contribution in [-0.2, 0) is 9.59 Å². The lowest BCUT2D eigenvalue weighted by molar-refractivity contribution is -0.132. The van der Waals surface area contributed by atoms with Gasteiger partial charge in [-0.3, -0.25) is 14.5 Å². The van der Waals surface area contributed by atoms with Gasteiger partial charge in [-0.25, -0.2) is 4.98 Å². The Morgan fingerprint density at radius 2 is 2.03 bits per heavy atom. The number of halogens is 1. The van der Waals surface area contributed by atoms with Crippen molar-refractivity contribution in [2.75, 3.05) is 12.0 Å². The van der Waals surface area contributed by atoms with E-state index < -0.39 is 17.7 Å². The molecule has 5 rings (SSSR count). The number of carbonyl (C=O) groups is 2. The van der Waals surface area contributed by atoms with E-state index in [0.29, 0.717) is 27.6 Å². The highest BCUT2D eigenvalue weighted by molar-refractivity contribution is 6.51. The Hall–Kier alpha value is -4.04. The van der Waals surface area contributed by atoms with Gasteiger partial charge in [-0.15, -0.1) is 0 Å². The Morgan fingerprint density at radius 1 is 1.21 bits per heavy atom. The number of hydrogen-bond acceptors (Lipinski definition) is 6. The minimum atomic E-state index is -1.02. The van der Waals surface area contributed by atoms with Crippen molar-refractivity contribution in [2.24, 2.45) is 0 Å². The molecule has 2 aromatic heterocycles. The number of nitrogens with zero attached hydrogens (tertiary/aromatic N) is 2. The van der Waals surface area contributed by atoms with E-state index in [9.17, 15) is 14.7 Å². The number of anilines is 1. The molecule has 0 saturated carbocycles. The number of Topliss-reactive ketones (excluding diaryl/α,β-unsaturated/α-hetero) is 1. The summed E-state index contributed by atoms with van der Waals surface area (Å²) in [5.41, 5.74) is 2.51. The molecule has 1 atom stereocenters. The van der Waals surface area contributed by atoms with E-state index in [1.165, 1.54) is 36.5 Å². The highest BCUT2D eigenvalue weighted by Crippen LogP contribution is 2.42. The third-order valence-electron chi connectivity index (χ3n) is 5.53. The summed E-state index contributed by atoms with van der Waals surface area (Å²) in [6, 6.07) is 12.4. The molecule has 1 aliphatic heterocycles. The van der Waals surface area contributed by atoms with Crippen LogP contribution in [0, 0.1) is 6.92 Å². The molecule has 9 heteroatoms. The molecule has 0 aliphatic carbocycles. The summed E-state index contributed by atoms with van der Waals surface area (Å²) < 4.78 is 10.8. The van der Waals surface area contributed by atoms with Crippen LogP contribution in [0.4, 0.5) is 5.95 Å². The highest BCUT2D eigenvalue weighted by Gasteiger charge is 2.49. The van der Waals surface area contributed by atoms with Crippen LogP contribution in [0.2, 0.25) is 5.02 Å². The number of aromatic nitrogens is 2. The summed E-state index contributed by atoms with van der Waals surface area (Å²) in [7, 11) is 1.44. The van der Waals surface area contributed by atoms with E-state index in [-0.39, 0.29) is 22.8 Å². The molecule has 33 heavy (non-hydrogen) atoms. The molecule has 0 bridgehead atoms. The molecule has 1 amide bonds. The number of nitrogens with one attached hydrogen (secondary N) is 1. The zero-order chi connectivity index (χ0) is 23.3. The summed E-state index contributed by atoms with van der Waals surface area (Å²) >= 11 is 6.10. The molecule has 1 aliphatic rings. The Balaban J connectivity index is 1.71. The Labute approximate surface area is 193 Å². The fraction of sp³-hybridized carbons (Fsp3) is 0.125. The average molecular weight is 464 g/mol. The van der Waals surface area contributed by atoms with Crippen LogP contribution in [0.3, 0.4) is 0 Å². The molecule has 1 saturated heterocycles. The summed E-state index contributed by atoms with van der Waals surface area (Å²) in [6.07, 6.45) is 1.43. The van der Waals surface area contributed by atoms with E-state index in [0.717, 1.165) is 5.56 Å². The first-order chi connectivity index (χ1) is 15.9. The maximum absolute atomic E-state index is 13.2. The first-order valence-corrected chi connectivity index (χ1v) is 10.4. The normalized spacial score (nSPS) is 17.8. The second-order valence-corrected chi connectivity index (χ2v) is 8.02. The second kappa shape index (κ2) is 7.83. The van der Waals surface area contributed by atoms with E-state index in [4.69, 9.17) is 20.8 Å². The van der Waals surface area contributed by atoms with Crippen LogP contribution in [0.1, 0.15) is 22.9 Å². The van der Waals surface area contributed by atoms with Crippen molar-refractivity contribution in [3.63, 3.8) is 0 Å². The molecule has 0 radical (unpaired) electrons. The number of aliphatic hydroxyl groups excluding tert-OH is 1. The number of furan rings is 1. The number of aromatic amines is 1. The Bertz CT molecular complexity index is 1440. The SMILES string of the molecule is COc1cc(/C(O)=C2\C(=O)C(=O)N(c3nc4ccc(C)cc4[nH]3)C2c2ccco2)ccc1Cl. The number of fused-ring (bicyclic) bond motifs is 1. The maximum Gasteiger partial charge on any atom is 0.302 e. The van der Waals surface area contributed by atoms with Crippen molar-refractivity contribution in [3.8, 4) is 5.75 Å². The van der Waals surface area contributed by atoms with Crippen LogP contribution >= 0.6 is 11.6 Å². The number of imidazole rings is 1. The van der Waals surface area contributed by atoms with Crippen LogP contribution in [-0.4, -0.2) is 33.9 Å². The first kappa shape index (κ1) is 20.8. The molecule has 166 valence electrons. The standard InChI is InChI=1S/C24H18ClN3O5/c1-12-5-8-15-16(10-12)27-24(26-15)28-20(17-4-3-9-33-17)19(22(30)23(28)31)21(29)13-6-7-14(25)18(11-13)32-2/h3-11,20,29H,1-2H3,(H,26,27)/b21-19+. The van der Waals surface area contributed by atoms with E-state index >= 15 is 0 Å². The molecular formula is C24H18ClN3O5. The molecule has 2 aromatic carbocycles. The van der Waals surface area contributed by atoms with Gasteiger partial charge in [-0.1, -0.05) is 17.7 Å². The van der Waals surface area contributed by atoms with Gasteiger partial charge in [-0.05, 0) is 55.0 Å². The highest BCUT2D eigenvalue weighted by atomic mass is 35.5. The summed E-state index contributed by atoms with van der Waals surface area (Å²) in [4.78, 5) is 35.1. The Kier molecular flexibility index (Phi) is 4.94. The molecule has 1 fully saturated rings. The van der Waals surface area contributed by atoms with Crippen LogP contribution in [0.15, 0.2) is 64.8 Å². The van der Waals surface area contributed by atoms with Gasteiger partial charge in [0.25, 0.3) is 5.78 Å². The zero-order valence-corrected chi connectivity index (χ0v) is 18.4. The van der Waals surface area contributed by atoms with Gasteiger partial charge in [0.05, 0.1) is 35.0 Å². The van der Waals surface area contributed by atoms with Crippen LogP contribution in [0.5, 0.6) is 5.75 Å². The van der Waals surface area contributed by atoms with E-state index in [1.807, 2.05) is 25.1 Å². The van der Waals surface area contributed by atoms with Crippen molar-refractivity contribution in [1.29, 1.82) is 0 Å². The van der Waals surface area contributed by atoms with Gasteiger partial charge >= 0.3 is 5.91 Å². The minimum absolute atomic E-state index is 0.129. The molecule has 1 unspecified atom stereocenters. The molecule has 4 aromatic rings. The van der Waals surface area contributed by atoms with Crippen molar-refractivity contribution >= 4 is 46.0 Å². The number of aliphatic hydroxyl groups is 1. The number of benzene rings is 2. The number of carbonyl (C=O) groups excluding carboxylic acids is 2. The first-order valence-electron chi connectivity index (χ1n) is 10.0. The molecule has 2 N–H and O–H groups in total. The lowest BCUT2D eigenvalue weighted by Gasteiger charge is -2.20.